The van der Waals surface area contributed by atoms with Crippen LogP contribution in [0.2, 0.25) is 0 Å². The lowest BCUT2D eigenvalue weighted by atomic mass is 10.1. The molecule has 7 nitrogen and oxygen atoms in total. The summed E-state index contributed by atoms with van der Waals surface area (Å²) in [6, 6.07) is 6.10. The van der Waals surface area contributed by atoms with E-state index < -0.39 is 0 Å². The van der Waals surface area contributed by atoms with Gasteiger partial charge in [0, 0.05) is 18.8 Å². The highest BCUT2D eigenvalue weighted by molar-refractivity contribution is 5.77. The van der Waals surface area contributed by atoms with Gasteiger partial charge in [0.15, 0.2) is 11.6 Å². The molecule has 1 N–H and O–H groups in total. The first-order chi connectivity index (χ1) is 11.3. The van der Waals surface area contributed by atoms with E-state index in [-0.39, 0.29) is 5.82 Å². The Labute approximate surface area is 131 Å². The van der Waals surface area contributed by atoms with E-state index in [1.165, 1.54) is 18.6 Å². The van der Waals surface area contributed by atoms with E-state index in [0.29, 0.717) is 17.1 Å². The molecule has 0 spiro atoms. The van der Waals surface area contributed by atoms with Crippen molar-refractivity contribution in [1.29, 1.82) is 0 Å². The molecule has 1 aromatic carbocycles. The smallest absolute Gasteiger partial charge is 0.245 e. The molecule has 0 unspecified atom stereocenters. The molecule has 0 bridgehead atoms. The Morgan fingerprint density at radius 2 is 1.65 bits per heavy atom. The molecular formula is C15H15FN6O. The van der Waals surface area contributed by atoms with Crippen LogP contribution in [-0.2, 0) is 0 Å². The van der Waals surface area contributed by atoms with Gasteiger partial charge in [-0.05, 0) is 53.8 Å². The molecule has 3 aromatic rings. The predicted molar refractivity (Wildman–Crippen MR) is 83.1 cm³/mol. The second-order valence-corrected chi connectivity index (χ2v) is 5.49. The lowest BCUT2D eigenvalue weighted by Gasteiger charge is -2.28. The quantitative estimate of drug-likeness (QED) is 0.796. The minimum absolute atomic E-state index is 0.283. The summed E-state index contributed by atoms with van der Waals surface area (Å²) >= 11 is 0. The first kappa shape index (κ1) is 13.9. The highest BCUT2D eigenvalue weighted by Gasteiger charge is 2.20. The molecule has 0 atom stereocenters. The summed E-state index contributed by atoms with van der Waals surface area (Å²) < 4.78 is 17.8. The minimum Gasteiger partial charge on any atom is -0.353 e. The molecule has 23 heavy (non-hydrogen) atoms. The molecule has 1 fully saturated rings. The van der Waals surface area contributed by atoms with Crippen molar-refractivity contribution in [1.82, 2.24) is 20.3 Å². The molecule has 0 saturated carbocycles. The molecule has 0 radical (unpaired) electrons. The molecule has 1 aliphatic rings. The zero-order chi connectivity index (χ0) is 15.6. The largest absolute Gasteiger partial charge is 0.353 e. The Kier molecular flexibility index (Phi) is 3.49. The Balaban J connectivity index is 1.74. The monoisotopic (exact) mass is 314 g/mol. The SMILES string of the molecule is Fc1ccc(Nc2nc3nonc3nc2N2CCCCC2)cc1. The van der Waals surface area contributed by atoms with Crippen molar-refractivity contribution >= 4 is 28.6 Å². The fourth-order valence-corrected chi connectivity index (χ4v) is 2.71. The maximum Gasteiger partial charge on any atom is 0.245 e. The lowest BCUT2D eigenvalue weighted by Crippen LogP contribution is -2.31. The summed E-state index contributed by atoms with van der Waals surface area (Å²) in [5, 5.41) is 10.7. The van der Waals surface area contributed by atoms with Crippen molar-refractivity contribution in [2.45, 2.75) is 19.3 Å². The van der Waals surface area contributed by atoms with E-state index in [4.69, 9.17) is 4.63 Å². The normalized spacial score (nSPS) is 15.1. The van der Waals surface area contributed by atoms with Gasteiger partial charge < -0.3 is 10.2 Å². The maximum atomic E-state index is 13.1. The van der Waals surface area contributed by atoms with Gasteiger partial charge in [0.1, 0.15) is 5.82 Å². The van der Waals surface area contributed by atoms with Crippen LogP contribution >= 0.6 is 0 Å². The molecule has 2 aromatic heterocycles. The number of benzene rings is 1. The summed E-state index contributed by atoms with van der Waals surface area (Å²) in [5.41, 5.74) is 1.46. The third-order valence-corrected chi connectivity index (χ3v) is 3.86. The highest BCUT2D eigenvalue weighted by Crippen LogP contribution is 2.28. The third kappa shape index (κ3) is 2.79. The van der Waals surface area contributed by atoms with Gasteiger partial charge >= 0.3 is 0 Å². The second-order valence-electron chi connectivity index (χ2n) is 5.49. The zero-order valence-corrected chi connectivity index (χ0v) is 12.4. The number of rotatable bonds is 3. The number of hydrogen-bond donors (Lipinski definition) is 1. The topological polar surface area (TPSA) is 80.0 Å². The van der Waals surface area contributed by atoms with E-state index in [1.54, 1.807) is 12.1 Å². The average Bonchev–Trinajstić information content (AvgIpc) is 3.04. The van der Waals surface area contributed by atoms with Crippen molar-refractivity contribution in [3.05, 3.63) is 30.1 Å². The number of aromatic nitrogens is 4. The molecule has 1 saturated heterocycles. The van der Waals surface area contributed by atoms with Crippen molar-refractivity contribution < 1.29 is 9.02 Å². The van der Waals surface area contributed by atoms with Crippen molar-refractivity contribution in [3.8, 4) is 0 Å². The van der Waals surface area contributed by atoms with Crippen LogP contribution in [0.5, 0.6) is 0 Å². The fourth-order valence-electron chi connectivity index (χ4n) is 2.71. The first-order valence-corrected chi connectivity index (χ1v) is 7.57. The zero-order valence-electron chi connectivity index (χ0n) is 12.4. The summed E-state index contributed by atoms with van der Waals surface area (Å²) in [7, 11) is 0. The fraction of sp³-hybridized carbons (Fsp3) is 0.333. The summed E-state index contributed by atoms with van der Waals surface area (Å²) in [4.78, 5) is 11.2. The Morgan fingerprint density at radius 1 is 0.957 bits per heavy atom. The Bertz CT molecular complexity index is 812. The molecule has 118 valence electrons. The van der Waals surface area contributed by atoms with Crippen molar-refractivity contribution in [3.63, 3.8) is 0 Å². The molecule has 0 amide bonds. The van der Waals surface area contributed by atoms with E-state index in [0.717, 1.165) is 37.4 Å². The van der Waals surface area contributed by atoms with Gasteiger partial charge in [0.25, 0.3) is 0 Å². The molecule has 3 heterocycles. The minimum atomic E-state index is -0.283. The highest BCUT2D eigenvalue weighted by atomic mass is 19.1. The van der Waals surface area contributed by atoms with E-state index in [9.17, 15) is 4.39 Å². The molecular weight excluding hydrogens is 299 g/mol. The standard InChI is InChI=1S/C15H15FN6O/c16-10-4-6-11(7-5-10)17-14-15(22-8-2-1-3-9-22)19-13-12(18-14)20-23-21-13/h4-7H,1-3,8-9H2,(H,17,18,20). The van der Waals surface area contributed by atoms with Crippen LogP contribution in [0.1, 0.15) is 19.3 Å². The maximum absolute atomic E-state index is 13.1. The lowest BCUT2D eigenvalue weighted by molar-refractivity contribution is 0.314. The van der Waals surface area contributed by atoms with Gasteiger partial charge in [-0.1, -0.05) is 0 Å². The predicted octanol–water partition coefficient (Wildman–Crippen LogP) is 2.89. The van der Waals surface area contributed by atoms with E-state index in [1.807, 2.05) is 0 Å². The number of hydrogen-bond acceptors (Lipinski definition) is 7. The van der Waals surface area contributed by atoms with Gasteiger partial charge in [-0.15, -0.1) is 0 Å². The Hall–Kier alpha value is -2.77. The van der Waals surface area contributed by atoms with Gasteiger partial charge in [-0.2, -0.15) is 0 Å². The molecule has 8 heteroatoms. The van der Waals surface area contributed by atoms with Crippen LogP contribution in [-0.4, -0.2) is 33.4 Å². The van der Waals surface area contributed by atoms with Gasteiger partial charge in [-0.3, -0.25) is 0 Å². The number of nitrogens with zero attached hydrogens (tertiary/aromatic N) is 5. The van der Waals surface area contributed by atoms with Crippen LogP contribution in [0.25, 0.3) is 11.3 Å². The summed E-state index contributed by atoms with van der Waals surface area (Å²) in [6.45, 7) is 1.84. The molecule has 0 aliphatic carbocycles. The number of halogens is 1. The number of anilines is 3. The second kappa shape index (κ2) is 5.79. The average molecular weight is 314 g/mol. The van der Waals surface area contributed by atoms with Crippen molar-refractivity contribution in [2.24, 2.45) is 0 Å². The number of nitrogens with one attached hydrogen (secondary N) is 1. The van der Waals surface area contributed by atoms with Crippen molar-refractivity contribution in [2.75, 3.05) is 23.3 Å². The third-order valence-electron chi connectivity index (χ3n) is 3.86. The van der Waals surface area contributed by atoms with E-state index >= 15 is 0 Å². The van der Waals surface area contributed by atoms with Gasteiger partial charge in [0.05, 0.1) is 0 Å². The summed E-state index contributed by atoms with van der Waals surface area (Å²) in [6.07, 6.45) is 3.46. The van der Waals surface area contributed by atoms with Crippen LogP contribution in [0.15, 0.2) is 28.9 Å². The van der Waals surface area contributed by atoms with E-state index in [2.05, 4.69) is 30.5 Å². The van der Waals surface area contributed by atoms with Crippen LogP contribution in [0.4, 0.5) is 21.7 Å². The Morgan fingerprint density at radius 3 is 2.39 bits per heavy atom. The van der Waals surface area contributed by atoms with Gasteiger partial charge in [0.2, 0.25) is 11.3 Å². The molecule has 1 aliphatic heterocycles. The molecule has 4 rings (SSSR count). The first-order valence-electron chi connectivity index (χ1n) is 7.57. The van der Waals surface area contributed by atoms with Crippen LogP contribution in [0.3, 0.4) is 0 Å². The summed E-state index contributed by atoms with van der Waals surface area (Å²) in [5.74, 6) is 1.01. The number of piperidine rings is 1. The van der Waals surface area contributed by atoms with Crippen LogP contribution in [0, 0.1) is 5.82 Å². The van der Waals surface area contributed by atoms with Crippen LogP contribution < -0.4 is 10.2 Å². The number of fused-ring (bicyclic) bond motifs is 1. The van der Waals surface area contributed by atoms with Gasteiger partial charge in [-0.25, -0.2) is 19.0 Å².